The summed E-state index contributed by atoms with van der Waals surface area (Å²) in [5.74, 6) is 0.790. The van der Waals surface area contributed by atoms with E-state index in [1.165, 1.54) is 5.56 Å². The van der Waals surface area contributed by atoms with Gasteiger partial charge in [0.1, 0.15) is 5.82 Å². The van der Waals surface area contributed by atoms with E-state index in [9.17, 15) is 9.90 Å². The SMILES string of the molecule is CCCC(O)CNC(=O)NCc1nccn1Cc1ccccc1. The predicted molar refractivity (Wildman–Crippen MR) is 88.9 cm³/mol. The number of urea groups is 1. The highest BCUT2D eigenvalue weighted by molar-refractivity contribution is 5.73. The summed E-state index contributed by atoms with van der Waals surface area (Å²) in [5, 5.41) is 15.0. The van der Waals surface area contributed by atoms with Gasteiger partial charge in [0.15, 0.2) is 0 Å². The third-order valence-electron chi connectivity index (χ3n) is 3.52. The van der Waals surface area contributed by atoms with Gasteiger partial charge in [0, 0.05) is 25.5 Å². The number of rotatable bonds is 8. The van der Waals surface area contributed by atoms with E-state index in [1.807, 2.05) is 35.9 Å². The minimum Gasteiger partial charge on any atom is -0.391 e. The Bertz CT molecular complexity index is 598. The molecule has 1 atom stereocenters. The number of nitrogens with one attached hydrogen (secondary N) is 2. The van der Waals surface area contributed by atoms with Crippen LogP contribution in [0.5, 0.6) is 0 Å². The average Bonchev–Trinajstić information content (AvgIpc) is 2.99. The number of aromatic nitrogens is 2. The van der Waals surface area contributed by atoms with E-state index >= 15 is 0 Å². The number of aliphatic hydroxyl groups is 1. The number of nitrogens with zero attached hydrogens (tertiary/aromatic N) is 2. The molecule has 3 N–H and O–H groups in total. The first-order valence-corrected chi connectivity index (χ1v) is 7.92. The zero-order valence-electron chi connectivity index (χ0n) is 13.4. The molecule has 0 aliphatic heterocycles. The molecule has 6 heteroatoms. The van der Waals surface area contributed by atoms with Gasteiger partial charge in [0.25, 0.3) is 0 Å². The van der Waals surface area contributed by atoms with E-state index in [2.05, 4.69) is 27.8 Å². The Kier molecular flexibility index (Phi) is 6.62. The van der Waals surface area contributed by atoms with Crippen LogP contribution in [0.2, 0.25) is 0 Å². The molecule has 0 bridgehead atoms. The van der Waals surface area contributed by atoms with E-state index in [4.69, 9.17) is 0 Å². The second-order valence-electron chi connectivity index (χ2n) is 5.46. The van der Waals surface area contributed by atoms with Gasteiger partial charge in [-0.05, 0) is 12.0 Å². The maximum Gasteiger partial charge on any atom is 0.315 e. The van der Waals surface area contributed by atoms with Gasteiger partial charge in [-0.1, -0.05) is 43.7 Å². The number of hydrogen-bond acceptors (Lipinski definition) is 3. The molecule has 1 heterocycles. The third-order valence-corrected chi connectivity index (χ3v) is 3.52. The number of hydrogen-bond donors (Lipinski definition) is 3. The van der Waals surface area contributed by atoms with Gasteiger partial charge in [-0.2, -0.15) is 0 Å². The Morgan fingerprint density at radius 2 is 2.09 bits per heavy atom. The van der Waals surface area contributed by atoms with Crippen LogP contribution in [-0.2, 0) is 13.1 Å². The Hall–Kier alpha value is -2.34. The summed E-state index contributed by atoms with van der Waals surface area (Å²) in [6.45, 7) is 3.32. The maximum absolute atomic E-state index is 11.7. The second-order valence-corrected chi connectivity index (χ2v) is 5.46. The van der Waals surface area contributed by atoms with Crippen LogP contribution in [0.1, 0.15) is 31.2 Å². The second kappa shape index (κ2) is 8.95. The number of aliphatic hydroxyl groups excluding tert-OH is 1. The molecule has 2 amide bonds. The van der Waals surface area contributed by atoms with Crippen LogP contribution < -0.4 is 10.6 Å². The largest absolute Gasteiger partial charge is 0.391 e. The number of amides is 2. The van der Waals surface area contributed by atoms with Crippen molar-refractivity contribution >= 4 is 6.03 Å². The molecule has 23 heavy (non-hydrogen) atoms. The van der Waals surface area contributed by atoms with Crippen molar-refractivity contribution in [3.05, 3.63) is 54.1 Å². The lowest BCUT2D eigenvalue weighted by Crippen LogP contribution is -2.39. The minimum absolute atomic E-state index is 0.262. The van der Waals surface area contributed by atoms with Crippen molar-refractivity contribution in [2.45, 2.75) is 39.0 Å². The van der Waals surface area contributed by atoms with Crippen molar-refractivity contribution < 1.29 is 9.90 Å². The summed E-state index contributed by atoms with van der Waals surface area (Å²) < 4.78 is 2.00. The molecular formula is C17H24N4O2. The number of carbonyl (C=O) groups is 1. The predicted octanol–water partition coefficient (Wildman–Crippen LogP) is 1.89. The molecule has 0 aliphatic carbocycles. The molecule has 0 aliphatic rings. The highest BCUT2D eigenvalue weighted by Crippen LogP contribution is 2.05. The van der Waals surface area contributed by atoms with E-state index in [1.54, 1.807) is 6.20 Å². The Morgan fingerprint density at radius 1 is 1.30 bits per heavy atom. The first kappa shape index (κ1) is 17.0. The van der Waals surface area contributed by atoms with Crippen molar-refractivity contribution in [1.82, 2.24) is 20.2 Å². The zero-order chi connectivity index (χ0) is 16.5. The van der Waals surface area contributed by atoms with Crippen molar-refractivity contribution in [3.8, 4) is 0 Å². The first-order chi connectivity index (χ1) is 11.2. The lowest BCUT2D eigenvalue weighted by Gasteiger charge is -2.12. The van der Waals surface area contributed by atoms with E-state index in [-0.39, 0.29) is 12.6 Å². The Morgan fingerprint density at radius 3 is 2.83 bits per heavy atom. The lowest BCUT2D eigenvalue weighted by molar-refractivity contribution is 0.160. The van der Waals surface area contributed by atoms with Crippen molar-refractivity contribution in [2.75, 3.05) is 6.54 Å². The molecule has 124 valence electrons. The average molecular weight is 316 g/mol. The summed E-state index contributed by atoms with van der Waals surface area (Å²) in [6.07, 6.45) is 4.70. The van der Waals surface area contributed by atoms with Crippen molar-refractivity contribution in [1.29, 1.82) is 0 Å². The number of imidazole rings is 1. The van der Waals surface area contributed by atoms with Crippen LogP contribution in [-0.4, -0.2) is 33.3 Å². The van der Waals surface area contributed by atoms with Gasteiger partial charge < -0.3 is 20.3 Å². The molecule has 0 saturated heterocycles. The van der Waals surface area contributed by atoms with Gasteiger partial charge in [-0.15, -0.1) is 0 Å². The van der Waals surface area contributed by atoms with Crippen LogP contribution in [0.3, 0.4) is 0 Å². The number of benzene rings is 1. The first-order valence-electron chi connectivity index (χ1n) is 7.92. The molecule has 0 fully saturated rings. The number of carbonyl (C=O) groups excluding carboxylic acids is 1. The van der Waals surface area contributed by atoms with E-state index in [0.717, 1.165) is 12.2 Å². The fourth-order valence-electron chi connectivity index (χ4n) is 2.30. The zero-order valence-corrected chi connectivity index (χ0v) is 13.4. The fraction of sp³-hybridized carbons (Fsp3) is 0.412. The Balaban J connectivity index is 1.80. The third kappa shape index (κ3) is 5.75. The van der Waals surface area contributed by atoms with Crippen molar-refractivity contribution in [3.63, 3.8) is 0 Å². The molecule has 1 aromatic carbocycles. The minimum atomic E-state index is -0.495. The summed E-state index contributed by atoms with van der Waals surface area (Å²) in [7, 11) is 0. The maximum atomic E-state index is 11.7. The molecule has 1 unspecified atom stereocenters. The standard InChI is InChI=1S/C17H24N4O2/c1-2-6-15(22)11-19-17(23)20-12-16-18-9-10-21(16)13-14-7-4-3-5-8-14/h3-5,7-10,15,22H,2,6,11-13H2,1H3,(H2,19,20,23). The van der Waals surface area contributed by atoms with Gasteiger partial charge in [0.2, 0.25) is 0 Å². The topological polar surface area (TPSA) is 79.2 Å². The van der Waals surface area contributed by atoms with Gasteiger partial charge in [-0.3, -0.25) is 0 Å². The molecule has 2 aromatic rings. The van der Waals surface area contributed by atoms with E-state index < -0.39 is 6.10 Å². The summed E-state index contributed by atoms with van der Waals surface area (Å²) in [5.41, 5.74) is 1.18. The summed E-state index contributed by atoms with van der Waals surface area (Å²) >= 11 is 0. The fourth-order valence-corrected chi connectivity index (χ4v) is 2.30. The molecule has 6 nitrogen and oxygen atoms in total. The van der Waals surface area contributed by atoms with Crippen LogP contribution in [0, 0.1) is 0 Å². The quantitative estimate of drug-likeness (QED) is 0.696. The molecule has 1 aromatic heterocycles. The van der Waals surface area contributed by atoms with Gasteiger partial charge >= 0.3 is 6.03 Å². The molecular weight excluding hydrogens is 292 g/mol. The van der Waals surface area contributed by atoms with Crippen molar-refractivity contribution in [2.24, 2.45) is 0 Å². The Labute approximate surface area is 136 Å². The van der Waals surface area contributed by atoms with Crippen LogP contribution in [0.4, 0.5) is 4.79 Å². The molecule has 0 saturated carbocycles. The van der Waals surface area contributed by atoms with Crippen LogP contribution >= 0.6 is 0 Å². The highest BCUT2D eigenvalue weighted by atomic mass is 16.3. The molecule has 0 spiro atoms. The highest BCUT2D eigenvalue weighted by Gasteiger charge is 2.08. The summed E-state index contributed by atoms with van der Waals surface area (Å²) in [4.78, 5) is 16.0. The molecule has 0 radical (unpaired) electrons. The summed E-state index contributed by atoms with van der Waals surface area (Å²) in [6, 6.07) is 9.79. The van der Waals surface area contributed by atoms with E-state index in [0.29, 0.717) is 19.5 Å². The lowest BCUT2D eigenvalue weighted by atomic mass is 10.2. The van der Waals surface area contributed by atoms with Crippen LogP contribution in [0.25, 0.3) is 0 Å². The van der Waals surface area contributed by atoms with Gasteiger partial charge in [0.05, 0.1) is 12.6 Å². The smallest absolute Gasteiger partial charge is 0.315 e. The monoisotopic (exact) mass is 316 g/mol. The van der Waals surface area contributed by atoms with Gasteiger partial charge in [-0.25, -0.2) is 9.78 Å². The van der Waals surface area contributed by atoms with Crippen LogP contribution in [0.15, 0.2) is 42.7 Å². The normalized spacial score (nSPS) is 11.9. The molecule has 2 rings (SSSR count).